The molecular weight excluding hydrogens is 490 g/mol. The number of nitrogens with zero attached hydrogens (tertiary/aromatic N) is 2. The maximum atomic E-state index is 13.6. The molecule has 1 fully saturated rings. The van der Waals surface area contributed by atoms with Gasteiger partial charge < -0.3 is 15.0 Å². The van der Waals surface area contributed by atoms with Gasteiger partial charge in [0.2, 0.25) is 0 Å². The second kappa shape index (κ2) is 12.6. The summed E-state index contributed by atoms with van der Waals surface area (Å²) >= 11 is 6.48. The van der Waals surface area contributed by atoms with Gasteiger partial charge in [-0.1, -0.05) is 62.1 Å². The van der Waals surface area contributed by atoms with Crippen molar-refractivity contribution in [3.63, 3.8) is 0 Å². The lowest BCUT2D eigenvalue weighted by atomic mass is 9.93. The van der Waals surface area contributed by atoms with Crippen molar-refractivity contribution in [2.45, 2.75) is 58.0 Å². The summed E-state index contributed by atoms with van der Waals surface area (Å²) in [6.07, 6.45) is 6.43. The highest BCUT2D eigenvalue weighted by Gasteiger charge is 2.27. The number of halogens is 1. The van der Waals surface area contributed by atoms with E-state index in [2.05, 4.69) is 12.2 Å². The van der Waals surface area contributed by atoms with Crippen molar-refractivity contribution >= 4 is 28.9 Å². The number of para-hydroxylation sites is 1. The number of amides is 1. The van der Waals surface area contributed by atoms with E-state index in [0.717, 1.165) is 37.7 Å². The molecule has 0 aliphatic heterocycles. The van der Waals surface area contributed by atoms with Gasteiger partial charge in [0.25, 0.3) is 11.6 Å². The molecule has 4 rings (SSSR count). The number of ether oxygens (including phenoxy) is 1. The first-order valence-corrected chi connectivity index (χ1v) is 13.2. The average molecular weight is 522 g/mol. The van der Waals surface area contributed by atoms with Gasteiger partial charge in [-0.15, -0.1) is 0 Å². The molecule has 1 aliphatic carbocycles. The first-order valence-electron chi connectivity index (χ1n) is 12.8. The third-order valence-corrected chi connectivity index (χ3v) is 6.96. The van der Waals surface area contributed by atoms with Crippen LogP contribution in [0.4, 0.5) is 11.4 Å². The lowest BCUT2D eigenvalue weighted by molar-refractivity contribution is -0.384. The van der Waals surface area contributed by atoms with E-state index >= 15 is 0 Å². The largest absolute Gasteiger partial charge is 0.457 e. The van der Waals surface area contributed by atoms with Crippen LogP contribution in [0.3, 0.4) is 0 Å². The van der Waals surface area contributed by atoms with Crippen molar-refractivity contribution in [2.75, 3.05) is 11.9 Å². The summed E-state index contributed by atoms with van der Waals surface area (Å²) in [7, 11) is 0. The molecule has 7 nitrogen and oxygen atoms in total. The Bertz CT molecular complexity index is 1230. The van der Waals surface area contributed by atoms with Crippen LogP contribution in [0, 0.1) is 10.1 Å². The van der Waals surface area contributed by atoms with Crippen LogP contribution in [0.1, 0.15) is 61.4 Å². The Morgan fingerprint density at radius 1 is 1.05 bits per heavy atom. The number of benzene rings is 3. The molecule has 0 bridgehead atoms. The first kappa shape index (κ1) is 26.5. The number of carbonyl (C=O) groups excluding carboxylic acids is 1. The minimum atomic E-state index is -0.432. The highest BCUT2D eigenvalue weighted by molar-refractivity contribution is 6.33. The molecule has 194 valence electrons. The fourth-order valence-electron chi connectivity index (χ4n) is 4.79. The molecule has 0 radical (unpaired) electrons. The van der Waals surface area contributed by atoms with Crippen LogP contribution >= 0.6 is 11.6 Å². The van der Waals surface area contributed by atoms with Gasteiger partial charge >= 0.3 is 0 Å². The second-order valence-corrected chi connectivity index (χ2v) is 9.72. The second-order valence-electron chi connectivity index (χ2n) is 9.31. The summed E-state index contributed by atoms with van der Waals surface area (Å²) in [5, 5.41) is 15.2. The molecule has 0 heterocycles. The zero-order chi connectivity index (χ0) is 26.2. The van der Waals surface area contributed by atoms with Gasteiger partial charge in [-0.2, -0.15) is 0 Å². The van der Waals surface area contributed by atoms with Crippen LogP contribution in [0.25, 0.3) is 0 Å². The topological polar surface area (TPSA) is 84.7 Å². The zero-order valence-corrected chi connectivity index (χ0v) is 21.7. The van der Waals surface area contributed by atoms with Gasteiger partial charge in [-0.25, -0.2) is 0 Å². The van der Waals surface area contributed by atoms with E-state index < -0.39 is 4.92 Å². The van der Waals surface area contributed by atoms with Crippen molar-refractivity contribution in [1.29, 1.82) is 0 Å². The minimum Gasteiger partial charge on any atom is -0.457 e. The van der Waals surface area contributed by atoms with E-state index in [-0.39, 0.29) is 24.2 Å². The predicted molar refractivity (Wildman–Crippen MR) is 147 cm³/mol. The molecule has 1 N–H and O–H groups in total. The minimum absolute atomic E-state index is 0.0511. The molecule has 0 unspecified atom stereocenters. The number of hydrogen-bond donors (Lipinski definition) is 1. The summed E-state index contributed by atoms with van der Waals surface area (Å²) in [4.78, 5) is 26.7. The molecule has 1 saturated carbocycles. The molecule has 1 amide bonds. The van der Waals surface area contributed by atoms with E-state index in [1.165, 1.54) is 12.5 Å². The summed E-state index contributed by atoms with van der Waals surface area (Å²) in [6, 6.07) is 19.4. The maximum Gasteiger partial charge on any atom is 0.292 e. The van der Waals surface area contributed by atoms with Crippen molar-refractivity contribution < 1.29 is 14.5 Å². The molecule has 3 aromatic carbocycles. The van der Waals surface area contributed by atoms with Gasteiger partial charge in [-0.05, 0) is 55.2 Å². The maximum absolute atomic E-state index is 13.6. The molecule has 1 aliphatic rings. The summed E-state index contributed by atoms with van der Waals surface area (Å²) in [5.74, 6) is 1.07. The summed E-state index contributed by atoms with van der Waals surface area (Å²) < 4.78 is 5.85. The first-order chi connectivity index (χ1) is 18.0. The molecular formula is C29H32ClN3O4. The third-order valence-electron chi connectivity index (χ3n) is 6.63. The molecule has 3 aromatic rings. The van der Waals surface area contributed by atoms with E-state index in [1.54, 1.807) is 24.3 Å². The van der Waals surface area contributed by atoms with Gasteiger partial charge in [0, 0.05) is 31.3 Å². The number of nitro benzene ring substituents is 1. The summed E-state index contributed by atoms with van der Waals surface area (Å²) in [6.45, 7) is 3.06. The number of nitrogens with one attached hydrogen (secondary N) is 1. The van der Waals surface area contributed by atoms with Gasteiger partial charge in [0.05, 0.1) is 15.5 Å². The Morgan fingerprint density at radius 3 is 2.51 bits per heavy atom. The van der Waals surface area contributed by atoms with Crippen LogP contribution in [0.5, 0.6) is 11.5 Å². The van der Waals surface area contributed by atoms with Crippen LogP contribution in [0.15, 0.2) is 66.7 Å². The van der Waals surface area contributed by atoms with Crippen LogP contribution < -0.4 is 10.1 Å². The third kappa shape index (κ3) is 6.80. The van der Waals surface area contributed by atoms with Crippen LogP contribution in [-0.2, 0) is 6.54 Å². The van der Waals surface area contributed by atoms with E-state index in [1.807, 2.05) is 41.3 Å². The Kier molecular flexibility index (Phi) is 9.01. The number of carbonyl (C=O) groups is 1. The highest BCUT2D eigenvalue weighted by atomic mass is 35.5. The Labute approximate surface area is 222 Å². The molecule has 0 aromatic heterocycles. The van der Waals surface area contributed by atoms with Crippen molar-refractivity contribution in [3.8, 4) is 11.5 Å². The number of anilines is 1. The Morgan fingerprint density at radius 2 is 1.81 bits per heavy atom. The highest BCUT2D eigenvalue weighted by Crippen LogP contribution is 2.32. The zero-order valence-electron chi connectivity index (χ0n) is 21.0. The SMILES string of the molecule is CCCN(C(=O)c1cc(CNc2cc(Oc3ccccc3)ccc2[N+](=O)[O-])ccc1Cl)C1CCCCC1. The number of nitro groups is 1. The standard InChI is InChI=1S/C29H32ClN3O4/c1-2-17-32(22-9-5-3-6-10-22)29(34)25-18-21(13-15-26(25)30)20-31-27-19-24(14-16-28(27)33(35)36)37-23-11-7-4-8-12-23/h4,7-8,11-16,18-19,22,31H,2-3,5-6,9-10,17,20H2,1H3. The van der Waals surface area contributed by atoms with Gasteiger partial charge in [-0.3, -0.25) is 14.9 Å². The quantitative estimate of drug-likeness (QED) is 0.217. The van der Waals surface area contributed by atoms with Gasteiger partial charge in [0.15, 0.2) is 0 Å². The van der Waals surface area contributed by atoms with E-state index in [0.29, 0.717) is 34.3 Å². The predicted octanol–water partition coefficient (Wildman–Crippen LogP) is 7.84. The molecule has 0 atom stereocenters. The van der Waals surface area contributed by atoms with Crippen molar-refractivity contribution in [2.24, 2.45) is 0 Å². The fraction of sp³-hybridized carbons (Fsp3) is 0.345. The van der Waals surface area contributed by atoms with Crippen molar-refractivity contribution in [1.82, 2.24) is 4.90 Å². The average Bonchev–Trinajstić information content (AvgIpc) is 2.92. The Balaban J connectivity index is 1.53. The molecule has 0 spiro atoms. The van der Waals surface area contributed by atoms with Crippen LogP contribution in [-0.4, -0.2) is 28.3 Å². The van der Waals surface area contributed by atoms with E-state index in [9.17, 15) is 14.9 Å². The smallest absolute Gasteiger partial charge is 0.292 e. The van der Waals surface area contributed by atoms with Crippen LogP contribution in [0.2, 0.25) is 5.02 Å². The Hall–Kier alpha value is -3.58. The van der Waals surface area contributed by atoms with Crippen molar-refractivity contribution in [3.05, 3.63) is 93.0 Å². The molecule has 37 heavy (non-hydrogen) atoms. The lowest BCUT2D eigenvalue weighted by Crippen LogP contribution is -2.42. The normalized spacial score (nSPS) is 13.7. The number of hydrogen-bond acceptors (Lipinski definition) is 5. The summed E-state index contributed by atoms with van der Waals surface area (Å²) in [5.41, 5.74) is 1.54. The fourth-order valence-corrected chi connectivity index (χ4v) is 4.98. The number of rotatable bonds is 10. The van der Waals surface area contributed by atoms with Gasteiger partial charge in [0.1, 0.15) is 17.2 Å². The monoisotopic (exact) mass is 521 g/mol. The van der Waals surface area contributed by atoms with E-state index in [4.69, 9.17) is 16.3 Å². The molecule has 0 saturated heterocycles. The molecule has 8 heteroatoms. The lowest BCUT2D eigenvalue weighted by Gasteiger charge is -2.34.